The zero-order chi connectivity index (χ0) is 46.8. The molecule has 0 spiro atoms. The van der Waals surface area contributed by atoms with E-state index in [9.17, 15) is 31.6 Å². The molecule has 2 aromatic rings. The van der Waals surface area contributed by atoms with E-state index in [2.05, 4.69) is 10.6 Å². The Kier molecular flexibility index (Phi) is 12.6. The van der Waals surface area contributed by atoms with Crippen molar-refractivity contribution < 1.29 is 63.8 Å². The average molecular weight is 929 g/mol. The summed E-state index contributed by atoms with van der Waals surface area (Å²) in [6, 6.07) is 1.85. The number of benzene rings is 1. The number of aromatic nitrogens is 2. The van der Waals surface area contributed by atoms with E-state index in [1.165, 1.54) is 14.0 Å². The molecule has 4 fully saturated rings. The third kappa shape index (κ3) is 8.77. The number of ether oxygens (including phenoxy) is 3. The molecule has 3 heterocycles. The first kappa shape index (κ1) is 47.4. The predicted molar refractivity (Wildman–Crippen MR) is 221 cm³/mol. The summed E-state index contributed by atoms with van der Waals surface area (Å²) in [6.45, 7) is 7.39. The van der Waals surface area contributed by atoms with Crippen LogP contribution in [0.1, 0.15) is 111 Å². The highest BCUT2D eigenvalue weighted by molar-refractivity contribution is 7.91. The number of methoxy groups -OCH3 is 1. The number of halogens is 5. The van der Waals surface area contributed by atoms with E-state index in [-0.39, 0.29) is 57.4 Å². The van der Waals surface area contributed by atoms with E-state index in [4.69, 9.17) is 24.2 Å². The Morgan fingerprint density at radius 3 is 2.34 bits per heavy atom. The fraction of sp³-hybridized carbons (Fsp3) is 0.721. The van der Waals surface area contributed by atoms with Gasteiger partial charge in [0, 0.05) is 17.9 Å². The van der Waals surface area contributed by atoms with E-state index in [0.29, 0.717) is 41.7 Å². The first-order valence-corrected chi connectivity index (χ1v) is 23.4. The summed E-state index contributed by atoms with van der Waals surface area (Å²) in [6.07, 6.45) is -9.06. The van der Waals surface area contributed by atoms with Crippen LogP contribution < -0.4 is 24.8 Å². The van der Waals surface area contributed by atoms with Crippen molar-refractivity contribution in [3.05, 3.63) is 23.9 Å². The summed E-state index contributed by atoms with van der Waals surface area (Å²) in [7, 11) is -2.85. The molecule has 7 rings (SSSR count). The zero-order valence-electron chi connectivity index (χ0n) is 36.8. The van der Waals surface area contributed by atoms with Crippen LogP contribution in [0.5, 0.6) is 11.6 Å². The van der Waals surface area contributed by atoms with Crippen LogP contribution in [0.2, 0.25) is 0 Å². The van der Waals surface area contributed by atoms with Crippen molar-refractivity contribution in [3.63, 3.8) is 0 Å². The van der Waals surface area contributed by atoms with E-state index in [1.807, 2.05) is 4.72 Å². The number of nitrogens with zero attached hydrogens (tertiary/aromatic N) is 3. The number of rotatable bonds is 8. The lowest BCUT2D eigenvalue weighted by molar-refractivity contribution is -0.271. The van der Waals surface area contributed by atoms with Crippen molar-refractivity contribution in [2.45, 2.75) is 158 Å². The van der Waals surface area contributed by atoms with Crippen LogP contribution in [0, 0.1) is 23.2 Å². The second kappa shape index (κ2) is 17.0. The molecular formula is C43H57F5N6O9S. The van der Waals surface area contributed by atoms with Gasteiger partial charge in [0.05, 0.1) is 35.4 Å². The summed E-state index contributed by atoms with van der Waals surface area (Å²) in [5.41, 5.74) is -5.11. The van der Waals surface area contributed by atoms with Gasteiger partial charge in [-0.25, -0.2) is 32.0 Å². The highest BCUT2D eigenvalue weighted by Crippen LogP contribution is 2.52. The number of amides is 4. The Morgan fingerprint density at radius 1 is 1.03 bits per heavy atom. The topological polar surface area (TPSA) is 195 Å². The van der Waals surface area contributed by atoms with Crippen LogP contribution in [0.3, 0.4) is 0 Å². The molecule has 1 aromatic heterocycles. The molecule has 1 aromatic carbocycles. The fourth-order valence-corrected chi connectivity index (χ4v) is 11.1. The van der Waals surface area contributed by atoms with E-state index in [0.717, 1.165) is 4.90 Å². The van der Waals surface area contributed by atoms with Crippen molar-refractivity contribution in [3.8, 4) is 11.6 Å². The van der Waals surface area contributed by atoms with Crippen LogP contribution in [0.4, 0.5) is 26.7 Å². The smallest absolute Gasteiger partial charge is 0.428 e. The first-order valence-electron chi connectivity index (χ1n) is 22.0. The Balaban J connectivity index is 1.31. The van der Waals surface area contributed by atoms with Gasteiger partial charge < -0.3 is 29.7 Å². The minimum atomic E-state index is -4.94. The van der Waals surface area contributed by atoms with Crippen molar-refractivity contribution in [2.75, 3.05) is 13.7 Å². The minimum Gasteiger partial charge on any atom is -0.497 e. The molecule has 1 saturated heterocycles. The number of nitrogens with one attached hydrogen (secondary N) is 3. The SMILES string of the molecule is CC[C@@H]1[C@@H]2CN(C(=O)[C@H](C(C)(C)C)NC(=O)O[C@@]3(C(F)(F)F)CCC[C@H]3CCCCCc3nc4ccc(OC)cc4nc3O2)[C@@H]1C(=O)N[C@]1(C(=O)NS(=O)(=O)C2(C)CC2)C[C@H]1C(F)F. The van der Waals surface area contributed by atoms with Crippen LogP contribution in [-0.2, 0) is 35.6 Å². The number of carbonyl (C=O) groups is 4. The van der Waals surface area contributed by atoms with Crippen LogP contribution in [0.25, 0.3) is 11.0 Å². The summed E-state index contributed by atoms with van der Waals surface area (Å²) in [5.74, 6) is -6.60. The molecule has 21 heteroatoms. The van der Waals surface area contributed by atoms with E-state index < -0.39 is 117 Å². The summed E-state index contributed by atoms with van der Waals surface area (Å²) < 4.78 is 119. The molecule has 2 aliphatic heterocycles. The summed E-state index contributed by atoms with van der Waals surface area (Å²) in [5, 5.41) is 4.82. The molecule has 0 unspecified atom stereocenters. The lowest BCUT2D eigenvalue weighted by Gasteiger charge is -2.39. The third-order valence-electron chi connectivity index (χ3n) is 14.0. The van der Waals surface area contributed by atoms with Gasteiger partial charge in [0.15, 0.2) is 0 Å². The normalized spacial score (nSPS) is 31.1. The number of hydrogen-bond acceptors (Lipinski definition) is 11. The van der Waals surface area contributed by atoms with Gasteiger partial charge in [-0.05, 0) is 88.7 Å². The second-order valence-electron chi connectivity index (χ2n) is 19.4. The van der Waals surface area contributed by atoms with Gasteiger partial charge in [0.25, 0.3) is 5.91 Å². The molecule has 4 amide bonds. The van der Waals surface area contributed by atoms with E-state index in [1.54, 1.807) is 45.9 Å². The largest absolute Gasteiger partial charge is 0.497 e. The van der Waals surface area contributed by atoms with Gasteiger partial charge in [-0.1, -0.05) is 40.5 Å². The number of fused-ring (bicyclic) bond motifs is 5. The first-order chi connectivity index (χ1) is 29.9. The molecule has 5 aliphatic rings. The Morgan fingerprint density at radius 2 is 1.73 bits per heavy atom. The molecule has 354 valence electrons. The number of alkyl halides is 5. The highest BCUT2D eigenvalue weighted by atomic mass is 32.2. The number of sulfonamides is 1. The lowest BCUT2D eigenvalue weighted by atomic mass is 9.85. The van der Waals surface area contributed by atoms with Crippen LogP contribution >= 0.6 is 0 Å². The molecule has 8 atom stereocenters. The third-order valence-corrected chi connectivity index (χ3v) is 16.2. The maximum absolute atomic E-state index is 15.1. The molecular weight excluding hydrogens is 872 g/mol. The van der Waals surface area contributed by atoms with Crippen molar-refractivity contribution >= 4 is 44.9 Å². The summed E-state index contributed by atoms with van der Waals surface area (Å²) in [4.78, 5) is 68.0. The van der Waals surface area contributed by atoms with Gasteiger partial charge in [-0.3, -0.25) is 19.1 Å². The van der Waals surface area contributed by atoms with Gasteiger partial charge in [-0.2, -0.15) is 13.2 Å². The molecule has 15 nitrogen and oxygen atoms in total. The van der Waals surface area contributed by atoms with Crippen LogP contribution in [0.15, 0.2) is 18.2 Å². The van der Waals surface area contributed by atoms with Gasteiger partial charge in [0.1, 0.15) is 35.2 Å². The second-order valence-corrected chi connectivity index (χ2v) is 21.6. The minimum absolute atomic E-state index is 0.0642. The van der Waals surface area contributed by atoms with Gasteiger partial charge in [-0.15, -0.1) is 0 Å². The van der Waals surface area contributed by atoms with E-state index >= 15 is 18.0 Å². The predicted octanol–water partition coefficient (Wildman–Crippen LogP) is 6.12. The van der Waals surface area contributed by atoms with Gasteiger partial charge >= 0.3 is 12.3 Å². The van der Waals surface area contributed by atoms with Gasteiger partial charge in [0.2, 0.25) is 39.7 Å². The van der Waals surface area contributed by atoms with Crippen molar-refractivity contribution in [2.24, 2.45) is 23.2 Å². The fourth-order valence-electron chi connectivity index (χ4n) is 9.74. The lowest BCUT2D eigenvalue weighted by Crippen LogP contribution is -2.62. The Hall–Kier alpha value is -4.56. The highest BCUT2D eigenvalue weighted by Gasteiger charge is 2.68. The Labute approximate surface area is 368 Å². The van der Waals surface area contributed by atoms with Crippen molar-refractivity contribution in [1.82, 2.24) is 30.2 Å². The number of hydrogen-bond donors (Lipinski definition) is 3. The number of alkyl carbamates (subject to hydrolysis) is 1. The molecule has 3 saturated carbocycles. The number of carbonyl (C=O) groups excluding carboxylic acids is 4. The number of aryl methyl sites for hydroxylation is 1. The van der Waals surface area contributed by atoms with Crippen molar-refractivity contribution in [1.29, 1.82) is 0 Å². The molecule has 2 bridgehead atoms. The molecule has 3 aliphatic carbocycles. The molecule has 3 N–H and O–H groups in total. The van der Waals surface area contributed by atoms with Crippen LogP contribution in [-0.4, -0.2) is 107 Å². The monoisotopic (exact) mass is 928 g/mol. The zero-order valence-corrected chi connectivity index (χ0v) is 37.6. The standard InChI is InChI=1S/C43H57F5N6O9S/c1-7-25-30-22-54(31(25)34(55)52-41(21-26(41)33(44)45)37(57)53-64(59,60)40(5)18-19-40)36(56)32(39(2,3)4)51-38(58)63-42(43(46,47)48)17-11-13-23(42)12-9-8-10-14-28-35(62-30)50-29-20-24(61-6)15-16-27(29)49-28/h15-16,20,23,25-26,30-33H,7-14,17-19,21-22H2,1-6H3,(H,51,58)(H,52,55)(H,53,57)/t23-,25-,26+,30+,31+,32-,41-,42+/m1/s1. The summed E-state index contributed by atoms with van der Waals surface area (Å²) >= 11 is 0. The Bertz CT molecular complexity index is 2270. The maximum atomic E-state index is 15.1. The average Bonchev–Trinajstić information content (AvgIpc) is 4.06. The maximum Gasteiger partial charge on any atom is 0.428 e. The quantitative estimate of drug-likeness (QED) is 0.258. The molecule has 0 radical (unpaired) electrons. The molecule has 64 heavy (non-hydrogen) atoms.